The van der Waals surface area contributed by atoms with Crippen molar-refractivity contribution >= 4 is 35.3 Å². The summed E-state index contributed by atoms with van der Waals surface area (Å²) in [6.07, 6.45) is 6.76. The van der Waals surface area contributed by atoms with E-state index in [9.17, 15) is 13.6 Å². The molecule has 2 atom stereocenters. The van der Waals surface area contributed by atoms with E-state index in [-0.39, 0.29) is 21.9 Å². The van der Waals surface area contributed by atoms with Gasteiger partial charge in [-0.05, 0) is 36.8 Å². The summed E-state index contributed by atoms with van der Waals surface area (Å²) < 4.78 is 28.2. The van der Waals surface area contributed by atoms with E-state index in [2.05, 4.69) is 10.6 Å². The van der Waals surface area contributed by atoms with Crippen LogP contribution in [0.25, 0.3) is 0 Å². The van der Waals surface area contributed by atoms with E-state index in [4.69, 9.17) is 23.2 Å². The van der Waals surface area contributed by atoms with E-state index < -0.39 is 11.6 Å². The van der Waals surface area contributed by atoms with Gasteiger partial charge in [-0.3, -0.25) is 4.79 Å². The molecule has 2 unspecified atom stereocenters. The molecular weight excluding hydrogens is 369 g/mol. The van der Waals surface area contributed by atoms with Gasteiger partial charge in [-0.15, -0.1) is 0 Å². The van der Waals surface area contributed by atoms with E-state index >= 15 is 0 Å². The predicted octanol–water partition coefficient (Wildman–Crippen LogP) is 4.90. The van der Waals surface area contributed by atoms with Gasteiger partial charge in [0.1, 0.15) is 11.6 Å². The van der Waals surface area contributed by atoms with Crippen LogP contribution < -0.4 is 10.6 Å². The van der Waals surface area contributed by atoms with Crippen LogP contribution in [0.4, 0.5) is 14.5 Å². The topological polar surface area (TPSA) is 41.1 Å². The maximum absolute atomic E-state index is 14.3. The third kappa shape index (κ3) is 4.91. The highest BCUT2D eigenvalue weighted by Crippen LogP contribution is 2.37. The van der Waals surface area contributed by atoms with Crippen molar-refractivity contribution in [3.8, 4) is 0 Å². The molecule has 1 amide bonds. The maximum Gasteiger partial charge on any atom is 0.211 e. The van der Waals surface area contributed by atoms with Crippen molar-refractivity contribution in [1.82, 2.24) is 5.32 Å². The van der Waals surface area contributed by atoms with Gasteiger partial charge in [0, 0.05) is 30.6 Å². The van der Waals surface area contributed by atoms with Gasteiger partial charge in [-0.2, -0.15) is 0 Å². The second-order valence-electron chi connectivity index (χ2n) is 5.60. The molecule has 0 bridgehead atoms. The standard InChI is InChI=1S/C18H18Cl2F2N2O/c1-2-3-4-14(19)16(21)5-11-8-23-9-13(11)12-6-17(22)15(20)7-18(12)24-10-25/h2-7,10-11,13,23H,8-9H2,1H3,(H,24,25)/b3-2-,14-4+,16-5-. The lowest BCUT2D eigenvalue weighted by Gasteiger charge is -2.20. The minimum atomic E-state index is -0.589. The van der Waals surface area contributed by atoms with Crippen LogP contribution in [0.5, 0.6) is 0 Å². The van der Waals surface area contributed by atoms with Crippen molar-refractivity contribution in [3.63, 3.8) is 0 Å². The molecule has 0 spiro atoms. The average Bonchev–Trinajstić information content (AvgIpc) is 3.03. The van der Waals surface area contributed by atoms with Crippen LogP contribution in [0.15, 0.2) is 47.3 Å². The summed E-state index contributed by atoms with van der Waals surface area (Å²) in [5.74, 6) is -1.61. The number of carbonyl (C=O) groups is 1. The Morgan fingerprint density at radius 3 is 2.84 bits per heavy atom. The van der Waals surface area contributed by atoms with Gasteiger partial charge in [0.2, 0.25) is 6.41 Å². The zero-order valence-electron chi connectivity index (χ0n) is 13.5. The van der Waals surface area contributed by atoms with Crippen molar-refractivity contribution < 1.29 is 13.6 Å². The number of benzene rings is 1. The SMILES string of the molecule is C\C=C/C=C(Cl)\C(F)=C\C1CNCC1c1cc(F)c(Cl)cc1NC=O. The molecular formula is C18H18Cl2F2N2O. The summed E-state index contributed by atoms with van der Waals surface area (Å²) in [5.41, 5.74) is 0.964. The van der Waals surface area contributed by atoms with Crippen LogP contribution in [0.1, 0.15) is 18.4 Å². The molecule has 25 heavy (non-hydrogen) atoms. The summed E-state index contributed by atoms with van der Waals surface area (Å²) in [5, 5.41) is 5.59. The number of carbonyl (C=O) groups excluding carboxylic acids is 1. The number of halogens is 4. The van der Waals surface area contributed by atoms with Crippen molar-refractivity contribution in [2.24, 2.45) is 5.92 Å². The Labute approximate surface area is 155 Å². The summed E-state index contributed by atoms with van der Waals surface area (Å²) in [6.45, 7) is 2.83. The largest absolute Gasteiger partial charge is 0.328 e. The molecule has 1 aliphatic heterocycles. The molecule has 134 valence electrons. The van der Waals surface area contributed by atoms with Gasteiger partial charge < -0.3 is 10.6 Å². The molecule has 1 aliphatic rings. The van der Waals surface area contributed by atoms with Gasteiger partial charge in [0.25, 0.3) is 0 Å². The van der Waals surface area contributed by atoms with Crippen molar-refractivity contribution in [1.29, 1.82) is 0 Å². The number of hydrogen-bond donors (Lipinski definition) is 2. The van der Waals surface area contributed by atoms with Crippen LogP contribution in [0, 0.1) is 11.7 Å². The van der Waals surface area contributed by atoms with Crippen LogP contribution in [0.2, 0.25) is 5.02 Å². The molecule has 1 fully saturated rings. The normalized spacial score (nSPS) is 21.8. The fourth-order valence-corrected chi connectivity index (χ4v) is 3.10. The number of rotatable bonds is 6. The van der Waals surface area contributed by atoms with E-state index in [1.54, 1.807) is 19.1 Å². The molecule has 2 rings (SSSR count). The van der Waals surface area contributed by atoms with E-state index in [1.165, 1.54) is 24.3 Å². The Kier molecular flexibility index (Phi) is 7.17. The molecule has 0 aliphatic carbocycles. The lowest BCUT2D eigenvalue weighted by atomic mass is 9.87. The molecule has 1 aromatic rings. The molecule has 7 heteroatoms. The zero-order chi connectivity index (χ0) is 18.4. The highest BCUT2D eigenvalue weighted by Gasteiger charge is 2.30. The van der Waals surface area contributed by atoms with Crippen LogP contribution in [-0.4, -0.2) is 19.5 Å². The minimum absolute atomic E-state index is 0.00252. The monoisotopic (exact) mass is 386 g/mol. The number of allylic oxidation sites excluding steroid dienone is 5. The molecule has 2 N–H and O–H groups in total. The first-order chi connectivity index (χ1) is 12.0. The van der Waals surface area contributed by atoms with Gasteiger partial charge in [-0.1, -0.05) is 35.4 Å². The van der Waals surface area contributed by atoms with Crippen LogP contribution in [-0.2, 0) is 4.79 Å². The summed E-state index contributed by atoms with van der Waals surface area (Å²) in [7, 11) is 0. The first-order valence-electron chi connectivity index (χ1n) is 7.74. The summed E-state index contributed by atoms with van der Waals surface area (Å²) in [4.78, 5) is 10.8. The van der Waals surface area contributed by atoms with Crippen molar-refractivity contribution in [2.45, 2.75) is 12.8 Å². The molecule has 1 aromatic carbocycles. The Morgan fingerprint density at radius 2 is 2.16 bits per heavy atom. The predicted molar refractivity (Wildman–Crippen MR) is 98.1 cm³/mol. The van der Waals surface area contributed by atoms with Crippen LogP contribution in [0.3, 0.4) is 0 Å². The first-order valence-corrected chi connectivity index (χ1v) is 8.49. The first kappa shape index (κ1) is 19.6. The minimum Gasteiger partial charge on any atom is -0.328 e. The number of hydrogen-bond acceptors (Lipinski definition) is 2. The fourth-order valence-electron chi connectivity index (χ4n) is 2.80. The van der Waals surface area contributed by atoms with Crippen LogP contribution >= 0.6 is 23.2 Å². The van der Waals surface area contributed by atoms with Gasteiger partial charge in [0.05, 0.1) is 10.1 Å². The third-order valence-corrected chi connectivity index (χ3v) is 4.59. The third-order valence-electron chi connectivity index (χ3n) is 3.99. The lowest BCUT2D eigenvalue weighted by Crippen LogP contribution is -2.12. The molecule has 1 heterocycles. The number of nitrogens with one attached hydrogen (secondary N) is 2. The smallest absolute Gasteiger partial charge is 0.211 e. The van der Waals surface area contributed by atoms with Crippen molar-refractivity contribution in [2.75, 3.05) is 18.4 Å². The Hall–Kier alpha value is -1.69. The second kappa shape index (κ2) is 9.13. The van der Waals surface area contributed by atoms with E-state index in [0.29, 0.717) is 30.8 Å². The molecule has 0 saturated carbocycles. The second-order valence-corrected chi connectivity index (χ2v) is 6.41. The fraction of sp³-hybridized carbons (Fsp3) is 0.278. The molecule has 0 aromatic heterocycles. The Bertz CT molecular complexity index is 732. The maximum atomic E-state index is 14.3. The number of amides is 1. The van der Waals surface area contributed by atoms with Gasteiger partial charge in [0.15, 0.2) is 0 Å². The molecule has 3 nitrogen and oxygen atoms in total. The van der Waals surface area contributed by atoms with Gasteiger partial charge >= 0.3 is 0 Å². The molecule has 1 saturated heterocycles. The average molecular weight is 387 g/mol. The number of anilines is 1. The Morgan fingerprint density at radius 1 is 1.40 bits per heavy atom. The Balaban J connectivity index is 2.36. The summed E-state index contributed by atoms with van der Waals surface area (Å²) in [6, 6.07) is 2.64. The summed E-state index contributed by atoms with van der Waals surface area (Å²) >= 11 is 11.7. The van der Waals surface area contributed by atoms with Crippen molar-refractivity contribution in [3.05, 3.63) is 63.7 Å². The quantitative estimate of drug-likeness (QED) is 0.538. The molecule has 0 radical (unpaired) electrons. The lowest BCUT2D eigenvalue weighted by molar-refractivity contribution is -0.105. The van der Waals surface area contributed by atoms with E-state index in [1.807, 2.05) is 0 Å². The van der Waals surface area contributed by atoms with Gasteiger partial charge in [-0.25, -0.2) is 8.78 Å². The highest BCUT2D eigenvalue weighted by molar-refractivity contribution is 6.31. The highest BCUT2D eigenvalue weighted by atomic mass is 35.5. The van der Waals surface area contributed by atoms with E-state index in [0.717, 1.165) is 0 Å². The zero-order valence-corrected chi connectivity index (χ0v) is 15.0.